The van der Waals surface area contributed by atoms with Gasteiger partial charge in [0.15, 0.2) is 0 Å². The SMILES string of the molecule is C=C(/C=C\C1=CC(C)CC=C1C)COc1cccc(OCc2cc(Cl)cc(C)c2CCC(=O)O)c1. The summed E-state index contributed by atoms with van der Waals surface area (Å²) in [6.45, 7) is 11.1. The van der Waals surface area contributed by atoms with Crippen LogP contribution in [0.3, 0.4) is 0 Å². The summed E-state index contributed by atoms with van der Waals surface area (Å²) in [6, 6.07) is 11.1. The van der Waals surface area contributed by atoms with Crippen molar-refractivity contribution in [1.82, 2.24) is 0 Å². The van der Waals surface area contributed by atoms with Gasteiger partial charge >= 0.3 is 5.97 Å². The topological polar surface area (TPSA) is 55.8 Å². The van der Waals surface area contributed by atoms with Crippen LogP contribution in [0, 0.1) is 12.8 Å². The molecule has 35 heavy (non-hydrogen) atoms. The molecule has 1 N–H and O–H groups in total. The quantitative estimate of drug-likeness (QED) is 0.327. The molecule has 2 aromatic carbocycles. The van der Waals surface area contributed by atoms with Crippen LogP contribution in [0.2, 0.25) is 5.02 Å². The molecule has 5 heteroatoms. The first-order chi connectivity index (χ1) is 16.7. The molecule has 1 atom stereocenters. The molecule has 0 fully saturated rings. The predicted octanol–water partition coefficient (Wildman–Crippen LogP) is 7.65. The van der Waals surface area contributed by atoms with Crippen LogP contribution in [-0.2, 0) is 17.8 Å². The van der Waals surface area contributed by atoms with E-state index in [0.717, 1.165) is 28.7 Å². The first-order valence-electron chi connectivity index (χ1n) is 11.8. The molecule has 1 aliphatic carbocycles. The average molecular weight is 493 g/mol. The van der Waals surface area contributed by atoms with Crippen LogP contribution in [0.5, 0.6) is 11.5 Å². The molecular weight excluding hydrogens is 460 g/mol. The van der Waals surface area contributed by atoms with Gasteiger partial charge < -0.3 is 14.6 Å². The highest BCUT2D eigenvalue weighted by Crippen LogP contribution is 2.26. The van der Waals surface area contributed by atoms with Crippen LogP contribution in [0.15, 0.2) is 84.0 Å². The lowest BCUT2D eigenvalue weighted by Gasteiger charge is -2.15. The number of hydrogen-bond donors (Lipinski definition) is 1. The van der Waals surface area contributed by atoms with Gasteiger partial charge in [-0.1, -0.05) is 55.5 Å². The fourth-order valence-electron chi connectivity index (χ4n) is 3.98. The molecule has 4 nitrogen and oxygen atoms in total. The van der Waals surface area contributed by atoms with E-state index in [2.05, 4.69) is 38.7 Å². The maximum atomic E-state index is 11.1. The number of carboxylic acid groups (broad SMARTS) is 1. The molecule has 2 aromatic rings. The van der Waals surface area contributed by atoms with Crippen molar-refractivity contribution in [3.05, 3.63) is 106 Å². The maximum absolute atomic E-state index is 11.1. The monoisotopic (exact) mass is 492 g/mol. The second-order valence-corrected chi connectivity index (χ2v) is 9.46. The molecule has 0 radical (unpaired) electrons. The Hall–Kier alpha value is -3.24. The number of carbonyl (C=O) groups is 1. The van der Waals surface area contributed by atoms with Crippen molar-refractivity contribution >= 4 is 17.6 Å². The van der Waals surface area contributed by atoms with E-state index in [1.54, 1.807) is 0 Å². The minimum Gasteiger partial charge on any atom is -0.489 e. The van der Waals surface area contributed by atoms with Gasteiger partial charge in [0.1, 0.15) is 24.7 Å². The first kappa shape index (κ1) is 26.4. The standard InChI is InChI=1S/C30H33ClO4/c1-20-8-10-22(3)24(14-20)11-9-21(2)18-34-27-6-5-7-28(17-27)35-19-25-16-26(31)15-23(4)29(25)12-13-30(32)33/h5-7,9-11,14-17,20H,2,8,12-13,18-19H2,1,3-4H3,(H,32,33)/b11-9-. The zero-order chi connectivity index (χ0) is 25.4. The van der Waals surface area contributed by atoms with Crippen LogP contribution in [0.1, 0.15) is 43.4 Å². The van der Waals surface area contributed by atoms with E-state index in [1.807, 2.05) is 49.4 Å². The number of hydrogen-bond acceptors (Lipinski definition) is 3. The summed E-state index contributed by atoms with van der Waals surface area (Å²) in [6.07, 6.45) is 10.2. The van der Waals surface area contributed by atoms with Crippen molar-refractivity contribution in [3.63, 3.8) is 0 Å². The Kier molecular flexibility index (Phi) is 9.39. The van der Waals surface area contributed by atoms with Crippen molar-refractivity contribution in [2.45, 2.75) is 46.6 Å². The molecule has 0 amide bonds. The Balaban J connectivity index is 1.59. The summed E-state index contributed by atoms with van der Waals surface area (Å²) in [7, 11) is 0. The molecule has 0 spiro atoms. The molecule has 0 saturated heterocycles. The van der Waals surface area contributed by atoms with Gasteiger partial charge in [-0.2, -0.15) is 0 Å². The molecule has 0 bridgehead atoms. The van der Waals surface area contributed by atoms with Crippen molar-refractivity contribution in [2.75, 3.05) is 6.61 Å². The number of carboxylic acids is 1. The molecule has 184 valence electrons. The van der Waals surface area contributed by atoms with E-state index in [4.69, 9.17) is 26.2 Å². The number of rotatable bonds is 11. The predicted molar refractivity (Wildman–Crippen MR) is 142 cm³/mol. The molecule has 1 aliphatic rings. The molecule has 3 rings (SSSR count). The Morgan fingerprint density at radius 2 is 1.94 bits per heavy atom. The molecule has 1 unspecified atom stereocenters. The highest BCUT2D eigenvalue weighted by atomic mass is 35.5. The molecule has 0 heterocycles. The Morgan fingerprint density at radius 3 is 2.69 bits per heavy atom. The van der Waals surface area contributed by atoms with E-state index in [-0.39, 0.29) is 13.0 Å². The highest BCUT2D eigenvalue weighted by Gasteiger charge is 2.11. The summed E-state index contributed by atoms with van der Waals surface area (Å²) in [5.74, 6) is 1.07. The van der Waals surface area contributed by atoms with E-state index in [9.17, 15) is 4.79 Å². The number of aryl methyl sites for hydroxylation is 1. The van der Waals surface area contributed by atoms with E-state index >= 15 is 0 Å². The van der Waals surface area contributed by atoms with Gasteiger partial charge in [-0.3, -0.25) is 4.79 Å². The van der Waals surface area contributed by atoms with Crippen molar-refractivity contribution in [3.8, 4) is 11.5 Å². The van der Waals surface area contributed by atoms with Gasteiger partial charge in [0.2, 0.25) is 0 Å². The van der Waals surface area contributed by atoms with Crippen LogP contribution in [0.25, 0.3) is 0 Å². The van der Waals surface area contributed by atoms with Gasteiger partial charge in [0.05, 0.1) is 0 Å². The summed E-state index contributed by atoms with van der Waals surface area (Å²) < 4.78 is 11.9. The fourth-order valence-corrected chi connectivity index (χ4v) is 4.28. The minimum atomic E-state index is -0.830. The van der Waals surface area contributed by atoms with Crippen molar-refractivity contribution in [2.24, 2.45) is 5.92 Å². The summed E-state index contributed by atoms with van der Waals surface area (Å²) in [5.41, 5.74) is 6.21. The average Bonchev–Trinajstić information content (AvgIpc) is 2.81. The number of allylic oxidation sites excluding steroid dienone is 5. The molecular formula is C30H33ClO4. The van der Waals surface area contributed by atoms with E-state index < -0.39 is 5.97 Å². The Labute approximate surface area is 213 Å². The van der Waals surface area contributed by atoms with Crippen molar-refractivity contribution in [1.29, 1.82) is 0 Å². The van der Waals surface area contributed by atoms with Gasteiger partial charge in [-0.05, 0) is 90.3 Å². The van der Waals surface area contributed by atoms with Crippen LogP contribution >= 0.6 is 11.6 Å². The van der Waals surface area contributed by atoms with Gasteiger partial charge in [-0.25, -0.2) is 0 Å². The second kappa shape index (κ2) is 12.5. The molecule has 0 aliphatic heterocycles. The molecule has 0 aromatic heterocycles. The van der Waals surface area contributed by atoms with Gasteiger partial charge in [0.25, 0.3) is 0 Å². The van der Waals surface area contributed by atoms with E-state index in [0.29, 0.717) is 35.5 Å². The first-order valence-corrected chi connectivity index (χ1v) is 12.2. The third-order valence-corrected chi connectivity index (χ3v) is 6.18. The third-order valence-electron chi connectivity index (χ3n) is 5.96. The van der Waals surface area contributed by atoms with Crippen LogP contribution in [0.4, 0.5) is 0 Å². The van der Waals surface area contributed by atoms with Crippen LogP contribution in [-0.4, -0.2) is 17.7 Å². The smallest absolute Gasteiger partial charge is 0.303 e. The lowest BCUT2D eigenvalue weighted by molar-refractivity contribution is -0.136. The summed E-state index contributed by atoms with van der Waals surface area (Å²) in [4.78, 5) is 11.1. The zero-order valence-corrected chi connectivity index (χ0v) is 21.4. The zero-order valence-electron chi connectivity index (χ0n) is 20.6. The van der Waals surface area contributed by atoms with Gasteiger partial charge in [-0.15, -0.1) is 0 Å². The highest BCUT2D eigenvalue weighted by molar-refractivity contribution is 6.30. The lowest BCUT2D eigenvalue weighted by atomic mass is 9.92. The number of ether oxygens (including phenoxy) is 2. The maximum Gasteiger partial charge on any atom is 0.303 e. The second-order valence-electron chi connectivity index (χ2n) is 9.02. The Bertz CT molecular complexity index is 1170. The minimum absolute atomic E-state index is 0.0588. The Morgan fingerprint density at radius 1 is 1.20 bits per heavy atom. The molecule has 0 saturated carbocycles. The van der Waals surface area contributed by atoms with Crippen molar-refractivity contribution < 1.29 is 19.4 Å². The van der Waals surface area contributed by atoms with Gasteiger partial charge in [0, 0.05) is 17.5 Å². The summed E-state index contributed by atoms with van der Waals surface area (Å²) in [5, 5.41) is 9.68. The van der Waals surface area contributed by atoms with Crippen LogP contribution < -0.4 is 9.47 Å². The third kappa shape index (κ3) is 8.18. The largest absolute Gasteiger partial charge is 0.489 e. The normalized spacial score (nSPS) is 15.5. The number of halogens is 1. The number of benzene rings is 2. The summed E-state index contributed by atoms with van der Waals surface area (Å²) >= 11 is 6.24. The number of aliphatic carboxylic acids is 1. The van der Waals surface area contributed by atoms with E-state index in [1.165, 1.54) is 11.1 Å². The fraction of sp³-hybridized carbons (Fsp3) is 0.300. The lowest BCUT2D eigenvalue weighted by Crippen LogP contribution is -2.06.